The van der Waals surface area contributed by atoms with Crippen LogP contribution in [0.1, 0.15) is 18.4 Å². The zero-order valence-electron chi connectivity index (χ0n) is 11.8. The van der Waals surface area contributed by atoms with Gasteiger partial charge in [-0.25, -0.2) is 8.42 Å². The van der Waals surface area contributed by atoms with Gasteiger partial charge in [0.1, 0.15) is 0 Å². The Morgan fingerprint density at radius 2 is 1.80 bits per heavy atom. The number of sulfonamides is 1. The second kappa shape index (κ2) is 6.89. The van der Waals surface area contributed by atoms with Gasteiger partial charge in [0.2, 0.25) is 10.0 Å². The molecule has 1 heterocycles. The number of rotatable bonds is 6. The lowest BCUT2D eigenvalue weighted by Crippen LogP contribution is -2.36. The molecule has 0 radical (unpaired) electrons. The lowest BCUT2D eigenvalue weighted by molar-refractivity contribution is 0.292. The van der Waals surface area contributed by atoms with Gasteiger partial charge in [0.05, 0.1) is 6.26 Å². The van der Waals surface area contributed by atoms with E-state index in [2.05, 4.69) is 4.90 Å². The van der Waals surface area contributed by atoms with Crippen LogP contribution < -0.4 is 0 Å². The fourth-order valence-corrected chi connectivity index (χ4v) is 3.34. The number of hydrogen-bond donors (Lipinski definition) is 0. The fraction of sp³-hybridized carbons (Fsp3) is 0.571. The SMILES string of the molecule is CS(=O)(=O)N(CCN1CCCC1)Cc1ccc(Cl)cc1. The van der Waals surface area contributed by atoms with E-state index in [1.807, 2.05) is 12.1 Å². The van der Waals surface area contributed by atoms with Gasteiger partial charge in [0, 0.05) is 24.7 Å². The zero-order valence-corrected chi connectivity index (χ0v) is 13.3. The summed E-state index contributed by atoms with van der Waals surface area (Å²) >= 11 is 5.85. The Kier molecular flexibility index (Phi) is 5.43. The number of likely N-dealkylation sites (tertiary alicyclic amines) is 1. The van der Waals surface area contributed by atoms with Gasteiger partial charge in [0.15, 0.2) is 0 Å². The summed E-state index contributed by atoms with van der Waals surface area (Å²) in [5.74, 6) is 0. The summed E-state index contributed by atoms with van der Waals surface area (Å²) in [6.45, 7) is 3.92. The molecule has 0 amide bonds. The molecule has 2 rings (SSSR count). The van der Waals surface area contributed by atoms with Crippen molar-refractivity contribution in [1.29, 1.82) is 0 Å². The molecule has 0 atom stereocenters. The van der Waals surface area contributed by atoms with Crippen molar-refractivity contribution in [3.8, 4) is 0 Å². The standard InChI is InChI=1S/C14H21ClN2O2S/c1-20(18,19)17(11-10-16-8-2-3-9-16)12-13-4-6-14(15)7-5-13/h4-7H,2-3,8-12H2,1H3. The summed E-state index contributed by atoms with van der Waals surface area (Å²) in [5, 5.41) is 0.664. The Bertz CT molecular complexity index is 525. The van der Waals surface area contributed by atoms with E-state index in [0.29, 0.717) is 18.1 Å². The molecule has 0 unspecified atom stereocenters. The molecule has 0 bridgehead atoms. The maximum Gasteiger partial charge on any atom is 0.211 e. The highest BCUT2D eigenvalue weighted by Gasteiger charge is 2.19. The molecule has 0 aromatic heterocycles. The topological polar surface area (TPSA) is 40.6 Å². The average Bonchev–Trinajstić information content (AvgIpc) is 2.88. The van der Waals surface area contributed by atoms with Gasteiger partial charge in [-0.3, -0.25) is 0 Å². The van der Waals surface area contributed by atoms with Crippen LogP contribution in [0.5, 0.6) is 0 Å². The molecule has 6 heteroatoms. The van der Waals surface area contributed by atoms with Crippen LogP contribution in [-0.4, -0.2) is 50.1 Å². The van der Waals surface area contributed by atoms with E-state index in [-0.39, 0.29) is 0 Å². The molecule has 1 saturated heterocycles. The molecular weight excluding hydrogens is 296 g/mol. The summed E-state index contributed by atoms with van der Waals surface area (Å²) < 4.78 is 25.3. The Balaban J connectivity index is 1.98. The lowest BCUT2D eigenvalue weighted by atomic mass is 10.2. The molecule has 112 valence electrons. The quantitative estimate of drug-likeness (QED) is 0.808. The zero-order chi connectivity index (χ0) is 14.6. The highest BCUT2D eigenvalue weighted by atomic mass is 35.5. The highest BCUT2D eigenvalue weighted by Crippen LogP contribution is 2.14. The lowest BCUT2D eigenvalue weighted by Gasteiger charge is -2.23. The van der Waals surface area contributed by atoms with Crippen molar-refractivity contribution in [3.63, 3.8) is 0 Å². The van der Waals surface area contributed by atoms with Crippen LogP contribution >= 0.6 is 11.6 Å². The third-order valence-corrected chi connectivity index (χ3v) is 5.11. The van der Waals surface area contributed by atoms with E-state index in [0.717, 1.165) is 25.2 Å². The summed E-state index contributed by atoms with van der Waals surface area (Å²) in [5.41, 5.74) is 0.959. The molecule has 1 aliphatic heterocycles. The van der Waals surface area contributed by atoms with Gasteiger partial charge in [-0.2, -0.15) is 4.31 Å². The van der Waals surface area contributed by atoms with Crippen LogP contribution in [0.25, 0.3) is 0 Å². The van der Waals surface area contributed by atoms with Crippen molar-refractivity contribution in [1.82, 2.24) is 9.21 Å². The van der Waals surface area contributed by atoms with E-state index in [9.17, 15) is 8.42 Å². The molecule has 1 fully saturated rings. The van der Waals surface area contributed by atoms with Crippen LogP contribution in [0.3, 0.4) is 0 Å². The third kappa shape index (κ3) is 4.74. The van der Waals surface area contributed by atoms with Crippen LogP contribution in [0.4, 0.5) is 0 Å². The summed E-state index contributed by atoms with van der Waals surface area (Å²) in [7, 11) is -3.19. The van der Waals surface area contributed by atoms with Crippen molar-refractivity contribution in [2.45, 2.75) is 19.4 Å². The van der Waals surface area contributed by atoms with E-state index in [1.165, 1.54) is 23.4 Å². The molecule has 20 heavy (non-hydrogen) atoms. The van der Waals surface area contributed by atoms with Crippen LogP contribution in [-0.2, 0) is 16.6 Å². The van der Waals surface area contributed by atoms with Crippen molar-refractivity contribution in [2.75, 3.05) is 32.4 Å². The predicted molar refractivity (Wildman–Crippen MR) is 82.4 cm³/mol. The molecule has 1 aliphatic rings. The van der Waals surface area contributed by atoms with Gasteiger partial charge >= 0.3 is 0 Å². The fourth-order valence-electron chi connectivity index (χ4n) is 2.41. The van der Waals surface area contributed by atoms with Crippen LogP contribution in [0.2, 0.25) is 5.02 Å². The van der Waals surface area contributed by atoms with Crippen LogP contribution in [0.15, 0.2) is 24.3 Å². The summed E-state index contributed by atoms with van der Waals surface area (Å²) in [4.78, 5) is 2.32. The highest BCUT2D eigenvalue weighted by molar-refractivity contribution is 7.88. The summed E-state index contributed by atoms with van der Waals surface area (Å²) in [6.07, 6.45) is 3.71. The van der Waals surface area contributed by atoms with Gasteiger partial charge in [-0.1, -0.05) is 23.7 Å². The number of halogens is 1. The normalized spacial score (nSPS) is 16.9. The Hall–Kier alpha value is -0.620. The van der Waals surface area contributed by atoms with Gasteiger partial charge in [-0.05, 0) is 43.6 Å². The maximum absolute atomic E-state index is 11.9. The van der Waals surface area contributed by atoms with E-state index in [1.54, 1.807) is 12.1 Å². The molecule has 1 aromatic carbocycles. The number of benzene rings is 1. The first-order valence-corrected chi connectivity index (χ1v) is 9.10. The molecule has 1 aromatic rings. The predicted octanol–water partition coefficient (Wildman–Crippen LogP) is 2.20. The summed E-state index contributed by atoms with van der Waals surface area (Å²) in [6, 6.07) is 7.32. The minimum Gasteiger partial charge on any atom is -0.302 e. The second-order valence-corrected chi connectivity index (χ2v) is 7.69. The Morgan fingerprint density at radius 3 is 2.35 bits per heavy atom. The van der Waals surface area contributed by atoms with Crippen molar-refractivity contribution >= 4 is 21.6 Å². The molecule has 0 aliphatic carbocycles. The minimum atomic E-state index is -3.19. The number of nitrogens with zero attached hydrogens (tertiary/aromatic N) is 2. The number of hydrogen-bond acceptors (Lipinski definition) is 3. The van der Waals surface area contributed by atoms with Crippen LogP contribution in [0, 0.1) is 0 Å². The van der Waals surface area contributed by atoms with E-state index in [4.69, 9.17) is 11.6 Å². The van der Waals surface area contributed by atoms with E-state index < -0.39 is 10.0 Å². The largest absolute Gasteiger partial charge is 0.302 e. The first-order valence-electron chi connectivity index (χ1n) is 6.87. The molecule has 0 saturated carbocycles. The van der Waals surface area contributed by atoms with Crippen molar-refractivity contribution in [3.05, 3.63) is 34.9 Å². The minimum absolute atomic E-state index is 0.407. The molecule has 0 N–H and O–H groups in total. The second-order valence-electron chi connectivity index (χ2n) is 5.27. The monoisotopic (exact) mass is 316 g/mol. The van der Waals surface area contributed by atoms with Gasteiger partial charge in [0.25, 0.3) is 0 Å². The van der Waals surface area contributed by atoms with E-state index >= 15 is 0 Å². The van der Waals surface area contributed by atoms with Gasteiger partial charge < -0.3 is 4.90 Å². The first kappa shape index (κ1) is 15.8. The molecular formula is C14H21ClN2O2S. The first-order chi connectivity index (χ1) is 9.45. The molecule has 4 nitrogen and oxygen atoms in total. The van der Waals surface area contributed by atoms with Crippen molar-refractivity contribution < 1.29 is 8.42 Å². The Morgan fingerprint density at radius 1 is 1.20 bits per heavy atom. The molecule has 0 spiro atoms. The van der Waals surface area contributed by atoms with Gasteiger partial charge in [-0.15, -0.1) is 0 Å². The van der Waals surface area contributed by atoms with Crippen molar-refractivity contribution in [2.24, 2.45) is 0 Å². The third-order valence-electron chi connectivity index (χ3n) is 3.61. The smallest absolute Gasteiger partial charge is 0.211 e. The average molecular weight is 317 g/mol. The maximum atomic E-state index is 11.9. The Labute approximate surface area is 126 Å².